The van der Waals surface area contributed by atoms with Crippen molar-refractivity contribution in [3.63, 3.8) is 0 Å². The number of carbonyl (C=O) groups excluding carboxylic acids is 2. The van der Waals surface area contributed by atoms with Crippen molar-refractivity contribution in [1.29, 1.82) is 0 Å². The van der Waals surface area contributed by atoms with Crippen molar-refractivity contribution in [2.24, 2.45) is 5.92 Å². The highest BCUT2D eigenvalue weighted by molar-refractivity contribution is 5.72. The molecule has 0 amide bonds. The number of unbranched alkanes of at least 4 members (excludes halogenated alkanes) is 5. The van der Waals surface area contributed by atoms with Gasteiger partial charge in [0, 0.05) is 6.42 Å². The molecule has 1 rings (SSSR count). The first kappa shape index (κ1) is 23.4. The van der Waals surface area contributed by atoms with Gasteiger partial charge in [0.25, 0.3) is 0 Å². The van der Waals surface area contributed by atoms with Crippen molar-refractivity contribution in [1.82, 2.24) is 0 Å². The Morgan fingerprint density at radius 2 is 1.45 bits per heavy atom. The zero-order valence-electron chi connectivity index (χ0n) is 15.4. The van der Waals surface area contributed by atoms with Gasteiger partial charge < -0.3 is 9.53 Å². The fourth-order valence-electron chi connectivity index (χ4n) is 2.49. The Morgan fingerprint density at radius 3 is 2.05 bits per heavy atom. The van der Waals surface area contributed by atoms with E-state index in [0.717, 1.165) is 51.2 Å². The van der Waals surface area contributed by atoms with E-state index in [1.165, 1.54) is 19.3 Å². The van der Waals surface area contributed by atoms with Crippen LogP contribution in [0.4, 0.5) is 0 Å². The number of hydrogen-bond acceptors (Lipinski definition) is 3. The molecule has 0 N–H and O–H groups in total. The average Bonchev–Trinajstić information content (AvgIpc) is 2.61. The first-order valence-corrected chi connectivity index (χ1v) is 9.45. The summed E-state index contributed by atoms with van der Waals surface area (Å²) in [7, 11) is 0. The van der Waals surface area contributed by atoms with Crippen LogP contribution in [0.5, 0.6) is 0 Å². The largest absolute Gasteiger partial charge is 0.465 e. The van der Waals surface area contributed by atoms with Gasteiger partial charge in [-0.2, -0.15) is 0 Å². The molecule has 0 atom stereocenters. The highest BCUT2D eigenvalue weighted by atomic mass is 16.5. The maximum atomic E-state index is 11.7. The molecule has 0 spiro atoms. The molecule has 0 aromatic carbocycles. The van der Waals surface area contributed by atoms with Gasteiger partial charge in [-0.1, -0.05) is 66.2 Å². The predicted octanol–water partition coefficient (Wildman–Crippen LogP) is 5.70. The van der Waals surface area contributed by atoms with Gasteiger partial charge in [0.1, 0.15) is 6.29 Å². The molecule has 0 bridgehead atoms. The molecule has 1 aliphatic carbocycles. The maximum absolute atomic E-state index is 11.7. The normalized spacial score (nSPS) is 14.0. The minimum absolute atomic E-state index is 0.0238. The Hall–Kier alpha value is -0.860. The van der Waals surface area contributed by atoms with Gasteiger partial charge in [-0.25, -0.2) is 0 Å². The summed E-state index contributed by atoms with van der Waals surface area (Å²) in [4.78, 5) is 21.8. The van der Waals surface area contributed by atoms with Crippen molar-refractivity contribution >= 4 is 12.3 Å². The molecule has 0 unspecified atom stereocenters. The number of esters is 1. The van der Waals surface area contributed by atoms with Gasteiger partial charge in [-0.05, 0) is 25.7 Å². The van der Waals surface area contributed by atoms with E-state index < -0.39 is 0 Å². The van der Waals surface area contributed by atoms with Gasteiger partial charge in [0.2, 0.25) is 0 Å². The highest BCUT2D eigenvalue weighted by Gasteiger charge is 2.21. The van der Waals surface area contributed by atoms with Gasteiger partial charge in [-0.3, -0.25) is 4.79 Å². The monoisotopic (exact) mass is 314 g/mol. The van der Waals surface area contributed by atoms with E-state index in [-0.39, 0.29) is 11.9 Å². The van der Waals surface area contributed by atoms with E-state index in [9.17, 15) is 9.59 Å². The quantitative estimate of drug-likeness (QED) is 0.311. The Labute approximate surface area is 138 Å². The van der Waals surface area contributed by atoms with Crippen molar-refractivity contribution < 1.29 is 14.3 Å². The zero-order chi connectivity index (χ0) is 17.1. The van der Waals surface area contributed by atoms with Crippen LogP contribution >= 0.6 is 0 Å². The molecule has 0 saturated heterocycles. The summed E-state index contributed by atoms with van der Waals surface area (Å²) in [5, 5.41) is 0. The van der Waals surface area contributed by atoms with Crippen LogP contribution in [0.3, 0.4) is 0 Å². The molecule has 3 heteroatoms. The molecular formula is C19H38O3. The standard InChI is InChI=1S/C15H26O3.2C2H6/c16-12-8-3-1-2-4-9-13-18-15(17)14-10-6-5-7-11-14;2*1-2/h12,14H,1-11,13H2;2*1-2H3. The summed E-state index contributed by atoms with van der Waals surface area (Å²) in [6.07, 6.45) is 12.6. The highest BCUT2D eigenvalue weighted by Crippen LogP contribution is 2.24. The molecule has 1 fully saturated rings. The summed E-state index contributed by atoms with van der Waals surface area (Å²) < 4.78 is 5.31. The second kappa shape index (κ2) is 20.1. The number of rotatable bonds is 9. The average molecular weight is 315 g/mol. The Bertz CT molecular complexity index is 233. The van der Waals surface area contributed by atoms with E-state index in [2.05, 4.69) is 0 Å². The predicted molar refractivity (Wildman–Crippen MR) is 94.0 cm³/mol. The van der Waals surface area contributed by atoms with E-state index >= 15 is 0 Å². The third-order valence-electron chi connectivity index (χ3n) is 3.65. The SMILES string of the molecule is CC.CC.O=CCCCCCCCOC(=O)C1CCCCC1. The smallest absolute Gasteiger partial charge is 0.308 e. The topological polar surface area (TPSA) is 43.4 Å². The lowest BCUT2D eigenvalue weighted by Crippen LogP contribution is -2.20. The molecule has 1 saturated carbocycles. The number of hydrogen-bond donors (Lipinski definition) is 0. The number of ether oxygens (including phenoxy) is 1. The maximum Gasteiger partial charge on any atom is 0.308 e. The number of carbonyl (C=O) groups is 2. The minimum atomic E-state index is 0.0238. The van der Waals surface area contributed by atoms with Crippen LogP contribution in [0.15, 0.2) is 0 Å². The lowest BCUT2D eigenvalue weighted by atomic mass is 9.89. The molecule has 22 heavy (non-hydrogen) atoms. The third kappa shape index (κ3) is 14.1. The second-order valence-corrected chi connectivity index (χ2v) is 5.23. The van der Waals surface area contributed by atoms with Crippen LogP contribution in [0, 0.1) is 5.92 Å². The summed E-state index contributed by atoms with van der Waals surface area (Å²) in [5.74, 6) is 0.196. The van der Waals surface area contributed by atoms with Crippen molar-refractivity contribution in [3.8, 4) is 0 Å². The van der Waals surface area contributed by atoms with Crippen LogP contribution in [-0.2, 0) is 14.3 Å². The summed E-state index contributed by atoms with van der Waals surface area (Å²) in [6, 6.07) is 0. The summed E-state index contributed by atoms with van der Waals surface area (Å²) in [5.41, 5.74) is 0. The molecule has 0 aromatic heterocycles. The Morgan fingerprint density at radius 1 is 0.909 bits per heavy atom. The molecular weight excluding hydrogens is 276 g/mol. The third-order valence-corrected chi connectivity index (χ3v) is 3.65. The van der Waals surface area contributed by atoms with Crippen LogP contribution < -0.4 is 0 Å². The molecule has 1 aliphatic rings. The van der Waals surface area contributed by atoms with E-state index in [1.807, 2.05) is 27.7 Å². The van der Waals surface area contributed by atoms with E-state index in [0.29, 0.717) is 13.0 Å². The fraction of sp³-hybridized carbons (Fsp3) is 0.895. The second-order valence-electron chi connectivity index (χ2n) is 5.23. The van der Waals surface area contributed by atoms with Crippen LogP contribution in [-0.4, -0.2) is 18.9 Å². The van der Waals surface area contributed by atoms with Gasteiger partial charge in [0.15, 0.2) is 0 Å². The van der Waals surface area contributed by atoms with E-state index in [1.54, 1.807) is 0 Å². The van der Waals surface area contributed by atoms with Crippen LogP contribution in [0.2, 0.25) is 0 Å². The lowest BCUT2D eigenvalue weighted by Gasteiger charge is -2.19. The summed E-state index contributed by atoms with van der Waals surface area (Å²) in [6.45, 7) is 8.57. The van der Waals surface area contributed by atoms with Gasteiger partial charge in [-0.15, -0.1) is 0 Å². The Balaban J connectivity index is 0. The van der Waals surface area contributed by atoms with Gasteiger partial charge in [0.05, 0.1) is 12.5 Å². The Kier molecular flexibility index (Phi) is 21.4. The fourth-order valence-corrected chi connectivity index (χ4v) is 2.49. The first-order chi connectivity index (χ1) is 10.8. The van der Waals surface area contributed by atoms with Crippen LogP contribution in [0.25, 0.3) is 0 Å². The van der Waals surface area contributed by atoms with Gasteiger partial charge >= 0.3 is 5.97 Å². The summed E-state index contributed by atoms with van der Waals surface area (Å²) >= 11 is 0. The van der Waals surface area contributed by atoms with Crippen molar-refractivity contribution in [2.45, 2.75) is 98.3 Å². The number of aldehydes is 1. The van der Waals surface area contributed by atoms with Crippen LogP contribution in [0.1, 0.15) is 98.3 Å². The first-order valence-electron chi connectivity index (χ1n) is 9.45. The van der Waals surface area contributed by atoms with E-state index in [4.69, 9.17) is 4.74 Å². The molecule has 132 valence electrons. The molecule has 0 aliphatic heterocycles. The lowest BCUT2D eigenvalue weighted by molar-refractivity contribution is -0.149. The molecule has 3 nitrogen and oxygen atoms in total. The minimum Gasteiger partial charge on any atom is -0.465 e. The molecule has 0 radical (unpaired) electrons. The molecule has 0 heterocycles. The van der Waals surface area contributed by atoms with Crippen molar-refractivity contribution in [3.05, 3.63) is 0 Å². The molecule has 0 aromatic rings. The van der Waals surface area contributed by atoms with Crippen molar-refractivity contribution in [2.75, 3.05) is 6.61 Å². The zero-order valence-corrected chi connectivity index (χ0v) is 15.4.